The van der Waals surface area contributed by atoms with Gasteiger partial charge in [-0.15, -0.1) is 0 Å². The zero-order valence-corrected chi connectivity index (χ0v) is 17.4. The number of carboxylic acid groups (broad SMARTS) is 1. The van der Waals surface area contributed by atoms with Crippen molar-refractivity contribution in [2.45, 2.75) is 6.42 Å². The Morgan fingerprint density at radius 2 is 2.10 bits per heavy atom. The van der Waals surface area contributed by atoms with E-state index in [0.29, 0.717) is 23.4 Å². The second-order valence-corrected chi connectivity index (χ2v) is 9.10. The lowest BCUT2D eigenvalue weighted by Gasteiger charge is -2.24. The van der Waals surface area contributed by atoms with Crippen LogP contribution in [-0.4, -0.2) is 59.7 Å². The lowest BCUT2D eigenvalue weighted by atomic mass is 10.0. The maximum atomic E-state index is 13.9. The molecule has 0 amide bonds. The van der Waals surface area contributed by atoms with E-state index in [1.807, 2.05) is 6.07 Å². The molecular formula is C21H20FN3O5S. The smallest absolute Gasteiger partial charge is 0.320 e. The van der Waals surface area contributed by atoms with Crippen LogP contribution in [0, 0.1) is 5.82 Å². The van der Waals surface area contributed by atoms with E-state index >= 15 is 0 Å². The molecule has 1 aromatic carbocycles. The molecule has 0 saturated carbocycles. The Bertz CT molecular complexity index is 1300. The van der Waals surface area contributed by atoms with E-state index in [0.717, 1.165) is 26.5 Å². The molecule has 1 aliphatic heterocycles. The number of carbonyl (C=O) groups is 1. The summed E-state index contributed by atoms with van der Waals surface area (Å²) in [5.74, 6) is -2.15. The molecule has 31 heavy (non-hydrogen) atoms. The van der Waals surface area contributed by atoms with Gasteiger partial charge in [0.15, 0.2) is 5.75 Å². The van der Waals surface area contributed by atoms with E-state index in [9.17, 15) is 17.6 Å². The number of benzene rings is 1. The average molecular weight is 445 g/mol. The Kier molecular flexibility index (Phi) is 5.50. The van der Waals surface area contributed by atoms with E-state index in [2.05, 4.69) is 9.97 Å². The maximum Gasteiger partial charge on any atom is 0.320 e. The van der Waals surface area contributed by atoms with Crippen LogP contribution in [0.2, 0.25) is 0 Å². The summed E-state index contributed by atoms with van der Waals surface area (Å²) in [4.78, 5) is 18.4. The van der Waals surface area contributed by atoms with Gasteiger partial charge in [-0.1, -0.05) is 6.08 Å². The molecule has 3 heterocycles. The summed E-state index contributed by atoms with van der Waals surface area (Å²) in [7, 11) is -2.33. The van der Waals surface area contributed by atoms with Crippen molar-refractivity contribution in [1.82, 2.24) is 14.3 Å². The van der Waals surface area contributed by atoms with Gasteiger partial charge in [-0.05, 0) is 47.9 Å². The molecule has 162 valence electrons. The number of H-pyrrole nitrogens is 1. The van der Waals surface area contributed by atoms with Crippen molar-refractivity contribution in [3.05, 3.63) is 54.1 Å². The first kappa shape index (κ1) is 21.0. The van der Waals surface area contributed by atoms with Crippen molar-refractivity contribution < 1.29 is 27.4 Å². The number of aliphatic carboxylic acids is 1. The number of halogens is 1. The molecule has 0 spiro atoms. The van der Waals surface area contributed by atoms with Gasteiger partial charge < -0.3 is 14.8 Å². The zero-order valence-electron chi connectivity index (χ0n) is 16.6. The third-order valence-electron chi connectivity index (χ3n) is 5.20. The number of nitrogens with zero attached hydrogens (tertiary/aromatic N) is 2. The fourth-order valence-electron chi connectivity index (χ4n) is 3.72. The van der Waals surface area contributed by atoms with Gasteiger partial charge in [-0.3, -0.25) is 4.79 Å². The van der Waals surface area contributed by atoms with E-state index in [-0.39, 0.29) is 18.9 Å². The molecule has 0 radical (unpaired) electrons. The Morgan fingerprint density at radius 3 is 2.77 bits per heavy atom. The van der Waals surface area contributed by atoms with Crippen molar-refractivity contribution in [2.75, 3.05) is 26.0 Å². The van der Waals surface area contributed by atoms with Crippen LogP contribution < -0.4 is 4.74 Å². The van der Waals surface area contributed by atoms with Crippen molar-refractivity contribution in [2.24, 2.45) is 0 Å². The van der Waals surface area contributed by atoms with Crippen molar-refractivity contribution in [3.8, 4) is 16.9 Å². The molecular weight excluding hydrogens is 425 g/mol. The fourth-order valence-corrected chi connectivity index (χ4v) is 4.89. The lowest BCUT2D eigenvalue weighted by molar-refractivity contribution is -0.134. The normalized spacial score (nSPS) is 15.1. The standard InChI is InChI=1S/C21H20FN3O5S/c1-30-19-3-2-14(22)10-16(19)15-4-7-23-21-17(15)11-18(24-21)13-5-8-25(9-6-13)31(28,29)12-20(26)27/h2-5,7,10-11H,6,8-9,12H2,1H3,(H,23,24)(H,26,27). The van der Waals surface area contributed by atoms with Crippen LogP contribution >= 0.6 is 0 Å². The van der Waals surface area contributed by atoms with Gasteiger partial charge in [0.05, 0.1) is 7.11 Å². The highest BCUT2D eigenvalue weighted by atomic mass is 32.2. The third-order valence-corrected chi connectivity index (χ3v) is 6.93. The van der Waals surface area contributed by atoms with Crippen LogP contribution in [0.1, 0.15) is 12.1 Å². The highest BCUT2D eigenvalue weighted by Gasteiger charge is 2.27. The van der Waals surface area contributed by atoms with E-state index in [1.165, 1.54) is 19.2 Å². The van der Waals surface area contributed by atoms with Gasteiger partial charge in [0.25, 0.3) is 0 Å². The number of pyridine rings is 1. The number of aromatic nitrogens is 2. The Hall–Kier alpha value is -3.24. The van der Waals surface area contributed by atoms with Gasteiger partial charge in [0, 0.05) is 35.9 Å². The molecule has 0 saturated heterocycles. The molecule has 0 atom stereocenters. The molecule has 10 heteroatoms. The Morgan fingerprint density at radius 1 is 1.29 bits per heavy atom. The highest BCUT2D eigenvalue weighted by molar-refractivity contribution is 7.89. The number of hydrogen-bond acceptors (Lipinski definition) is 5. The number of aromatic amines is 1. The summed E-state index contributed by atoms with van der Waals surface area (Å²) < 4.78 is 44.7. The number of hydrogen-bond donors (Lipinski definition) is 2. The van der Waals surface area contributed by atoms with Gasteiger partial charge in [-0.25, -0.2) is 17.8 Å². The van der Waals surface area contributed by atoms with Crippen LogP contribution in [0.5, 0.6) is 5.75 Å². The van der Waals surface area contributed by atoms with Crippen LogP contribution in [0.25, 0.3) is 27.7 Å². The van der Waals surface area contributed by atoms with Crippen LogP contribution in [0.4, 0.5) is 4.39 Å². The van der Waals surface area contributed by atoms with Crippen LogP contribution in [0.3, 0.4) is 0 Å². The van der Waals surface area contributed by atoms with E-state index < -0.39 is 21.7 Å². The lowest BCUT2D eigenvalue weighted by Crippen LogP contribution is -2.38. The fraction of sp³-hybridized carbons (Fsp3) is 0.238. The van der Waals surface area contributed by atoms with Crippen molar-refractivity contribution in [3.63, 3.8) is 0 Å². The molecule has 0 bridgehead atoms. The summed E-state index contributed by atoms with van der Waals surface area (Å²) in [6, 6.07) is 7.99. The Labute approximate surface area is 178 Å². The predicted octanol–water partition coefficient (Wildman–Crippen LogP) is 2.88. The van der Waals surface area contributed by atoms with Gasteiger partial charge >= 0.3 is 5.97 Å². The first-order chi connectivity index (χ1) is 14.8. The van der Waals surface area contributed by atoms with Crippen molar-refractivity contribution in [1.29, 1.82) is 0 Å². The minimum absolute atomic E-state index is 0.0956. The molecule has 0 aliphatic carbocycles. The molecule has 0 unspecified atom stereocenters. The maximum absolute atomic E-state index is 13.9. The number of nitrogens with one attached hydrogen (secondary N) is 1. The number of rotatable bonds is 6. The van der Waals surface area contributed by atoms with Gasteiger partial charge in [0.1, 0.15) is 17.2 Å². The quantitative estimate of drug-likeness (QED) is 0.603. The van der Waals surface area contributed by atoms with Crippen molar-refractivity contribution >= 4 is 32.6 Å². The summed E-state index contributed by atoms with van der Waals surface area (Å²) in [5, 5.41) is 9.58. The predicted molar refractivity (Wildman–Crippen MR) is 114 cm³/mol. The second kappa shape index (κ2) is 8.12. The number of carboxylic acids is 1. The first-order valence-electron chi connectivity index (χ1n) is 9.49. The molecule has 2 N–H and O–H groups in total. The zero-order chi connectivity index (χ0) is 22.2. The average Bonchev–Trinajstić information content (AvgIpc) is 3.17. The van der Waals surface area contributed by atoms with E-state index in [4.69, 9.17) is 9.84 Å². The summed E-state index contributed by atoms with van der Waals surface area (Å²) in [6.07, 6.45) is 3.80. The first-order valence-corrected chi connectivity index (χ1v) is 11.1. The molecule has 4 rings (SSSR count). The number of fused-ring (bicyclic) bond motifs is 1. The van der Waals surface area contributed by atoms with E-state index in [1.54, 1.807) is 24.4 Å². The minimum atomic E-state index is -3.85. The van der Waals surface area contributed by atoms with Gasteiger partial charge in [-0.2, -0.15) is 4.31 Å². The molecule has 3 aromatic rings. The molecule has 0 fully saturated rings. The summed E-state index contributed by atoms with van der Waals surface area (Å²) in [5.41, 5.74) is 3.65. The SMILES string of the molecule is COc1ccc(F)cc1-c1ccnc2[nH]c(C3=CCN(S(=O)(=O)CC(=O)O)CC3)cc12. The van der Waals surface area contributed by atoms with Crippen LogP contribution in [-0.2, 0) is 14.8 Å². The van der Waals surface area contributed by atoms with Crippen LogP contribution in [0.15, 0.2) is 42.6 Å². The molecule has 2 aromatic heterocycles. The Balaban J connectivity index is 1.68. The monoisotopic (exact) mass is 445 g/mol. The van der Waals surface area contributed by atoms with Gasteiger partial charge in [0.2, 0.25) is 10.0 Å². The number of methoxy groups -OCH3 is 1. The summed E-state index contributed by atoms with van der Waals surface area (Å²) >= 11 is 0. The number of sulfonamides is 1. The second-order valence-electron chi connectivity index (χ2n) is 7.14. The largest absolute Gasteiger partial charge is 0.496 e. The topological polar surface area (TPSA) is 113 Å². The molecule has 1 aliphatic rings. The third kappa shape index (κ3) is 4.17. The molecule has 8 nitrogen and oxygen atoms in total. The summed E-state index contributed by atoms with van der Waals surface area (Å²) in [6.45, 7) is 0.285. The highest BCUT2D eigenvalue weighted by Crippen LogP contribution is 2.36. The number of ether oxygens (including phenoxy) is 1. The minimum Gasteiger partial charge on any atom is -0.496 e.